The predicted molar refractivity (Wildman–Crippen MR) is 117 cm³/mol. The number of carbonyl (C=O) groups excluding carboxylic acids is 1. The number of hydrogen-bond donors (Lipinski definition) is 3. The quantitative estimate of drug-likeness (QED) is 0.272. The first kappa shape index (κ1) is 21.1. The van der Waals surface area contributed by atoms with Gasteiger partial charge < -0.3 is 16.4 Å². The molecule has 27 heavy (non-hydrogen) atoms. The van der Waals surface area contributed by atoms with Crippen molar-refractivity contribution >= 4 is 74.9 Å². The van der Waals surface area contributed by atoms with E-state index in [-0.39, 0.29) is 5.91 Å². The molecule has 9 heteroatoms. The fourth-order valence-electron chi connectivity index (χ4n) is 2.20. The standard InChI is InChI=1S/C17H12Cl2N2OS2.CH2N2/c1-9-6-7-11(18)15(14(9)19)20-12-5-3-2-4-10(12)8-13-16(22)21-17(23)24-13;2-1-3/h2-8,20H,1H3,(H,21,22,23);2H2. The van der Waals surface area contributed by atoms with Crippen LogP contribution in [0.2, 0.25) is 10.0 Å². The number of aryl methyl sites for hydroxylation is 1. The number of nitrogens with two attached hydrogens (primary N) is 1. The average Bonchev–Trinajstić information content (AvgIpc) is 2.94. The van der Waals surface area contributed by atoms with Crippen molar-refractivity contribution in [3.8, 4) is 6.19 Å². The van der Waals surface area contributed by atoms with Crippen molar-refractivity contribution in [1.29, 1.82) is 5.26 Å². The number of para-hydroxylation sites is 1. The normalized spacial score (nSPS) is 14.2. The van der Waals surface area contributed by atoms with Gasteiger partial charge in [-0.2, -0.15) is 5.26 Å². The predicted octanol–water partition coefficient (Wildman–Crippen LogP) is 4.96. The zero-order valence-electron chi connectivity index (χ0n) is 14.0. The van der Waals surface area contributed by atoms with Crippen LogP contribution in [0, 0.1) is 18.4 Å². The first-order valence-electron chi connectivity index (χ1n) is 7.52. The highest BCUT2D eigenvalue weighted by atomic mass is 35.5. The third kappa shape index (κ3) is 5.37. The van der Waals surface area contributed by atoms with Crippen molar-refractivity contribution in [2.75, 3.05) is 5.32 Å². The Morgan fingerprint density at radius 2 is 1.96 bits per heavy atom. The minimum atomic E-state index is -0.188. The summed E-state index contributed by atoms with van der Waals surface area (Å²) in [5.41, 5.74) is 7.36. The molecule has 0 atom stereocenters. The van der Waals surface area contributed by atoms with Gasteiger partial charge in [-0.05, 0) is 36.3 Å². The van der Waals surface area contributed by atoms with Gasteiger partial charge in [0.25, 0.3) is 5.91 Å². The van der Waals surface area contributed by atoms with Gasteiger partial charge >= 0.3 is 0 Å². The highest BCUT2D eigenvalue weighted by molar-refractivity contribution is 8.26. The van der Waals surface area contributed by atoms with Crippen molar-refractivity contribution in [3.63, 3.8) is 0 Å². The second kappa shape index (κ2) is 9.62. The average molecular weight is 437 g/mol. The van der Waals surface area contributed by atoms with Crippen LogP contribution in [-0.4, -0.2) is 10.2 Å². The largest absolute Gasteiger partial charge is 0.353 e. The Hall–Kier alpha value is -2.24. The van der Waals surface area contributed by atoms with Crippen LogP contribution in [0.4, 0.5) is 11.4 Å². The number of nitrogens with one attached hydrogen (secondary N) is 2. The van der Waals surface area contributed by atoms with E-state index < -0.39 is 0 Å². The molecule has 0 radical (unpaired) electrons. The summed E-state index contributed by atoms with van der Waals surface area (Å²) in [5.74, 6) is -0.188. The lowest BCUT2D eigenvalue weighted by Crippen LogP contribution is -2.17. The Kier molecular flexibility index (Phi) is 7.51. The molecule has 0 aromatic heterocycles. The molecule has 0 saturated carbocycles. The third-order valence-electron chi connectivity index (χ3n) is 3.43. The van der Waals surface area contributed by atoms with Gasteiger partial charge in [-0.1, -0.05) is 71.4 Å². The summed E-state index contributed by atoms with van der Waals surface area (Å²) in [6.45, 7) is 1.91. The van der Waals surface area contributed by atoms with Crippen molar-refractivity contribution in [3.05, 3.63) is 62.5 Å². The van der Waals surface area contributed by atoms with Gasteiger partial charge in [0.05, 0.1) is 20.6 Å². The van der Waals surface area contributed by atoms with E-state index in [1.165, 1.54) is 18.0 Å². The molecule has 0 bridgehead atoms. The zero-order chi connectivity index (χ0) is 20.0. The summed E-state index contributed by atoms with van der Waals surface area (Å²) < 4.78 is 0.460. The lowest BCUT2D eigenvalue weighted by atomic mass is 10.1. The topological polar surface area (TPSA) is 90.9 Å². The molecule has 1 aliphatic rings. The van der Waals surface area contributed by atoms with Gasteiger partial charge in [0, 0.05) is 5.69 Å². The minimum Gasteiger partial charge on any atom is -0.353 e. The number of nitriles is 1. The molecule has 2 aromatic carbocycles. The highest BCUT2D eigenvalue weighted by Gasteiger charge is 2.22. The maximum Gasteiger partial charge on any atom is 0.263 e. The number of thiocarbonyl (C=S) groups is 1. The molecular formula is C18H14Cl2N4OS2. The van der Waals surface area contributed by atoms with Crippen molar-refractivity contribution in [2.24, 2.45) is 5.73 Å². The monoisotopic (exact) mass is 436 g/mol. The fourth-order valence-corrected chi connectivity index (χ4v) is 3.71. The minimum absolute atomic E-state index is 0.188. The van der Waals surface area contributed by atoms with Crippen LogP contribution < -0.4 is 16.4 Å². The number of halogens is 2. The second-order valence-corrected chi connectivity index (χ2v) is 7.75. The van der Waals surface area contributed by atoms with Gasteiger partial charge in [-0.15, -0.1) is 0 Å². The zero-order valence-corrected chi connectivity index (χ0v) is 17.2. The Morgan fingerprint density at radius 1 is 1.30 bits per heavy atom. The Balaban J connectivity index is 0.000000817. The summed E-state index contributed by atoms with van der Waals surface area (Å²) in [4.78, 5) is 12.4. The van der Waals surface area contributed by atoms with Crippen LogP contribution in [0.3, 0.4) is 0 Å². The van der Waals surface area contributed by atoms with Crippen molar-refractivity contribution in [2.45, 2.75) is 6.92 Å². The maximum absolute atomic E-state index is 11.9. The number of amides is 1. The first-order valence-corrected chi connectivity index (χ1v) is 9.50. The van der Waals surface area contributed by atoms with E-state index in [4.69, 9.17) is 40.7 Å². The summed E-state index contributed by atoms with van der Waals surface area (Å²) in [5, 5.41) is 14.1. The summed E-state index contributed by atoms with van der Waals surface area (Å²) in [6.07, 6.45) is 3.04. The van der Waals surface area contributed by atoms with Gasteiger partial charge in [-0.3, -0.25) is 4.79 Å². The van der Waals surface area contributed by atoms with Gasteiger partial charge in [0.15, 0.2) is 6.19 Å². The number of rotatable bonds is 3. The number of anilines is 2. The summed E-state index contributed by atoms with van der Waals surface area (Å²) in [7, 11) is 0. The van der Waals surface area contributed by atoms with Crippen LogP contribution in [0.1, 0.15) is 11.1 Å². The van der Waals surface area contributed by atoms with Crippen LogP contribution in [0.5, 0.6) is 0 Å². The smallest absolute Gasteiger partial charge is 0.263 e. The number of benzene rings is 2. The molecule has 0 aliphatic carbocycles. The van der Waals surface area contributed by atoms with Crippen LogP contribution in [0.25, 0.3) is 6.08 Å². The molecule has 1 heterocycles. The molecule has 3 rings (SSSR count). The second-order valence-electron chi connectivity index (χ2n) is 5.25. The molecule has 5 nitrogen and oxygen atoms in total. The Morgan fingerprint density at radius 3 is 2.59 bits per heavy atom. The van der Waals surface area contributed by atoms with Crippen LogP contribution in [0.15, 0.2) is 41.3 Å². The van der Waals surface area contributed by atoms with E-state index in [0.29, 0.717) is 25.0 Å². The fraction of sp³-hybridized carbons (Fsp3) is 0.0556. The molecular weight excluding hydrogens is 423 g/mol. The van der Waals surface area contributed by atoms with E-state index in [1.807, 2.05) is 37.3 Å². The highest BCUT2D eigenvalue weighted by Crippen LogP contribution is 2.37. The van der Waals surface area contributed by atoms with Crippen LogP contribution in [-0.2, 0) is 4.79 Å². The Labute approximate surface area is 176 Å². The molecule has 0 unspecified atom stereocenters. The Bertz CT molecular complexity index is 970. The number of thioether (sulfide) groups is 1. The summed E-state index contributed by atoms with van der Waals surface area (Å²) in [6, 6.07) is 11.3. The van der Waals surface area contributed by atoms with Crippen LogP contribution >= 0.6 is 47.2 Å². The van der Waals surface area contributed by atoms with Gasteiger partial charge in [0.1, 0.15) is 4.32 Å². The maximum atomic E-state index is 11.9. The molecule has 138 valence electrons. The lowest BCUT2D eigenvalue weighted by molar-refractivity contribution is -0.115. The van der Waals surface area contributed by atoms with E-state index in [2.05, 4.69) is 16.4 Å². The molecule has 1 saturated heterocycles. The third-order valence-corrected chi connectivity index (χ3v) is 5.40. The van der Waals surface area contributed by atoms with E-state index in [9.17, 15) is 4.79 Å². The molecule has 2 aromatic rings. The van der Waals surface area contributed by atoms with E-state index in [1.54, 1.807) is 12.1 Å². The first-order chi connectivity index (χ1) is 12.9. The molecule has 0 spiro atoms. The van der Waals surface area contributed by atoms with Gasteiger partial charge in [-0.25, -0.2) is 0 Å². The molecule has 1 fully saturated rings. The number of carbonyl (C=O) groups is 1. The van der Waals surface area contributed by atoms with Gasteiger partial charge in [0.2, 0.25) is 0 Å². The van der Waals surface area contributed by atoms with Crippen molar-refractivity contribution in [1.82, 2.24) is 5.32 Å². The van der Waals surface area contributed by atoms with E-state index in [0.717, 1.165) is 16.8 Å². The molecule has 4 N–H and O–H groups in total. The summed E-state index contributed by atoms with van der Waals surface area (Å²) >= 11 is 18.9. The van der Waals surface area contributed by atoms with Crippen molar-refractivity contribution < 1.29 is 4.79 Å². The number of nitrogens with zero attached hydrogens (tertiary/aromatic N) is 1. The molecule has 1 amide bonds. The lowest BCUT2D eigenvalue weighted by Gasteiger charge is -2.14. The number of hydrogen-bond acceptors (Lipinski definition) is 6. The molecule has 1 aliphatic heterocycles. The van der Waals surface area contributed by atoms with E-state index >= 15 is 0 Å². The SMILES string of the molecule is Cc1ccc(Cl)c(Nc2ccccc2C=C2SC(=S)NC2=O)c1Cl.N#CN.